The van der Waals surface area contributed by atoms with Crippen LogP contribution >= 0.6 is 15.9 Å². The summed E-state index contributed by atoms with van der Waals surface area (Å²) in [6.07, 6.45) is 2.55. The minimum absolute atomic E-state index is 0.0416. The van der Waals surface area contributed by atoms with Crippen molar-refractivity contribution in [3.8, 4) is 23.2 Å². The van der Waals surface area contributed by atoms with Crippen molar-refractivity contribution in [1.29, 1.82) is 5.26 Å². The Morgan fingerprint density at radius 3 is 2.46 bits per heavy atom. The molecule has 0 spiro atoms. The fraction of sp³-hybridized carbons (Fsp3) is 0.0526. The van der Waals surface area contributed by atoms with Crippen molar-refractivity contribution in [1.82, 2.24) is 9.97 Å². The van der Waals surface area contributed by atoms with E-state index < -0.39 is 5.97 Å². The van der Waals surface area contributed by atoms with Crippen molar-refractivity contribution in [3.05, 3.63) is 76.0 Å². The molecule has 1 heterocycles. The Bertz CT molecular complexity index is 980. The summed E-state index contributed by atoms with van der Waals surface area (Å²) in [6.45, 7) is 0.338. The molecule has 3 rings (SSSR count). The second-order valence-corrected chi connectivity index (χ2v) is 6.19. The summed E-state index contributed by atoms with van der Waals surface area (Å²) >= 11 is 3.32. The highest BCUT2D eigenvalue weighted by molar-refractivity contribution is 9.10. The Hall–Kier alpha value is -3.24. The van der Waals surface area contributed by atoms with Crippen molar-refractivity contribution < 1.29 is 14.6 Å². The monoisotopic (exact) mass is 409 g/mol. The third-order valence-electron chi connectivity index (χ3n) is 3.57. The molecule has 7 heteroatoms. The number of benzene rings is 2. The molecular formula is C19H12BrN3O3. The van der Waals surface area contributed by atoms with Crippen LogP contribution < -0.4 is 4.74 Å². The van der Waals surface area contributed by atoms with Gasteiger partial charge in [-0.1, -0.05) is 6.07 Å². The maximum absolute atomic E-state index is 10.8. The highest BCUT2D eigenvalue weighted by atomic mass is 79.9. The third-order valence-corrected chi connectivity index (χ3v) is 4.26. The van der Waals surface area contributed by atoms with Crippen LogP contribution in [-0.4, -0.2) is 21.0 Å². The van der Waals surface area contributed by atoms with Gasteiger partial charge in [-0.2, -0.15) is 5.26 Å². The number of hydrogen-bond donors (Lipinski definition) is 1. The number of aromatic carboxylic acids is 1. The Morgan fingerprint density at radius 1 is 1.15 bits per heavy atom. The van der Waals surface area contributed by atoms with Crippen LogP contribution in [0.15, 0.2) is 59.3 Å². The topological polar surface area (TPSA) is 96.1 Å². The number of nitrogens with zero attached hydrogens (tertiary/aromatic N) is 3. The lowest BCUT2D eigenvalue weighted by atomic mass is 10.1. The van der Waals surface area contributed by atoms with E-state index in [-0.39, 0.29) is 5.56 Å². The molecule has 0 aliphatic heterocycles. The average molecular weight is 410 g/mol. The van der Waals surface area contributed by atoms with Gasteiger partial charge in [0.2, 0.25) is 0 Å². The van der Waals surface area contributed by atoms with Gasteiger partial charge in [0.05, 0.1) is 11.1 Å². The number of carboxylic acids is 1. The van der Waals surface area contributed by atoms with Crippen molar-refractivity contribution in [2.24, 2.45) is 0 Å². The predicted molar refractivity (Wildman–Crippen MR) is 97.6 cm³/mol. The van der Waals surface area contributed by atoms with Crippen molar-refractivity contribution in [2.45, 2.75) is 6.61 Å². The standard InChI is InChI=1S/C19H12BrN3O3/c20-17-6-1-12(7-14(17)8-21)11-26-16-4-2-13(3-5-16)18-22-9-15(10-23-18)19(24)25/h1-7,9-10H,11H2,(H,24,25). The molecule has 0 radical (unpaired) electrons. The third kappa shape index (κ3) is 4.05. The number of aromatic nitrogens is 2. The second-order valence-electron chi connectivity index (χ2n) is 5.34. The molecule has 1 aromatic heterocycles. The Balaban J connectivity index is 1.68. The number of carbonyl (C=O) groups is 1. The van der Waals surface area contributed by atoms with Crippen LogP contribution in [0.5, 0.6) is 5.75 Å². The van der Waals surface area contributed by atoms with E-state index in [0.717, 1.165) is 15.6 Å². The smallest absolute Gasteiger partial charge is 0.338 e. The Labute approximate surface area is 157 Å². The highest BCUT2D eigenvalue weighted by Gasteiger charge is 2.07. The first kappa shape index (κ1) is 17.6. The van der Waals surface area contributed by atoms with Crippen LogP contribution in [0, 0.1) is 11.3 Å². The maximum Gasteiger partial charge on any atom is 0.338 e. The second kappa shape index (κ2) is 7.76. The van der Waals surface area contributed by atoms with Crippen LogP contribution in [0.4, 0.5) is 0 Å². The van der Waals surface area contributed by atoms with E-state index >= 15 is 0 Å². The summed E-state index contributed by atoms with van der Waals surface area (Å²) in [6, 6.07) is 14.8. The lowest BCUT2D eigenvalue weighted by Crippen LogP contribution is -1.99. The molecule has 0 bridgehead atoms. The molecule has 2 aromatic carbocycles. The summed E-state index contributed by atoms with van der Waals surface area (Å²) in [5, 5.41) is 17.9. The Morgan fingerprint density at radius 2 is 1.85 bits per heavy atom. The first-order valence-electron chi connectivity index (χ1n) is 7.54. The molecule has 0 atom stereocenters. The number of hydrogen-bond acceptors (Lipinski definition) is 5. The summed E-state index contributed by atoms with van der Waals surface area (Å²) in [4.78, 5) is 18.9. The largest absolute Gasteiger partial charge is 0.489 e. The minimum Gasteiger partial charge on any atom is -0.489 e. The van der Waals surface area contributed by atoms with E-state index in [4.69, 9.17) is 15.1 Å². The Kier molecular flexibility index (Phi) is 5.25. The van der Waals surface area contributed by atoms with Gasteiger partial charge in [-0.05, 0) is 57.9 Å². The van der Waals surface area contributed by atoms with E-state index in [2.05, 4.69) is 32.0 Å². The van der Waals surface area contributed by atoms with Gasteiger partial charge in [0.15, 0.2) is 5.82 Å². The molecule has 26 heavy (non-hydrogen) atoms. The van der Waals surface area contributed by atoms with Crippen molar-refractivity contribution >= 4 is 21.9 Å². The first-order valence-corrected chi connectivity index (χ1v) is 8.33. The molecule has 0 saturated heterocycles. The molecule has 1 N–H and O–H groups in total. The number of halogens is 1. The summed E-state index contributed by atoms with van der Waals surface area (Å²) in [5.74, 6) is 0.0400. The number of rotatable bonds is 5. The van der Waals surface area contributed by atoms with E-state index in [9.17, 15) is 4.79 Å². The van der Waals surface area contributed by atoms with Gasteiger partial charge in [-0.3, -0.25) is 0 Å². The molecule has 3 aromatic rings. The van der Waals surface area contributed by atoms with Crippen LogP contribution in [0.25, 0.3) is 11.4 Å². The predicted octanol–water partition coefficient (Wildman–Crippen LogP) is 4.05. The molecule has 0 amide bonds. The van der Waals surface area contributed by atoms with Gasteiger partial charge < -0.3 is 9.84 Å². The zero-order valence-electron chi connectivity index (χ0n) is 13.4. The zero-order valence-corrected chi connectivity index (χ0v) is 15.0. The van der Waals surface area contributed by atoms with Crippen LogP contribution in [0.3, 0.4) is 0 Å². The minimum atomic E-state index is -1.06. The van der Waals surface area contributed by atoms with Gasteiger partial charge in [0, 0.05) is 22.4 Å². The van der Waals surface area contributed by atoms with E-state index in [1.54, 1.807) is 30.3 Å². The number of ether oxygens (including phenoxy) is 1. The molecular weight excluding hydrogens is 398 g/mol. The van der Waals surface area contributed by atoms with E-state index in [0.29, 0.717) is 23.7 Å². The van der Waals surface area contributed by atoms with Gasteiger partial charge >= 0.3 is 5.97 Å². The average Bonchev–Trinajstić information content (AvgIpc) is 2.68. The van der Waals surface area contributed by atoms with E-state index in [1.165, 1.54) is 12.4 Å². The summed E-state index contributed by atoms with van der Waals surface area (Å²) in [7, 11) is 0. The molecule has 0 fully saturated rings. The number of carboxylic acid groups (broad SMARTS) is 1. The quantitative estimate of drug-likeness (QED) is 0.682. The van der Waals surface area contributed by atoms with Crippen LogP contribution in [0.1, 0.15) is 21.5 Å². The lowest BCUT2D eigenvalue weighted by Gasteiger charge is -2.08. The van der Waals surface area contributed by atoms with Gasteiger partial charge in [0.1, 0.15) is 18.4 Å². The van der Waals surface area contributed by atoms with Gasteiger partial charge in [-0.25, -0.2) is 14.8 Å². The molecule has 6 nitrogen and oxygen atoms in total. The summed E-state index contributed by atoms with van der Waals surface area (Å²) < 4.78 is 6.48. The molecule has 128 valence electrons. The number of nitriles is 1. The maximum atomic E-state index is 10.8. The zero-order chi connectivity index (χ0) is 18.5. The van der Waals surface area contributed by atoms with Gasteiger partial charge in [-0.15, -0.1) is 0 Å². The lowest BCUT2D eigenvalue weighted by molar-refractivity contribution is 0.0696. The fourth-order valence-electron chi connectivity index (χ4n) is 2.20. The van der Waals surface area contributed by atoms with E-state index in [1.807, 2.05) is 12.1 Å². The molecule has 0 unspecified atom stereocenters. The van der Waals surface area contributed by atoms with Crippen molar-refractivity contribution in [2.75, 3.05) is 0 Å². The highest BCUT2D eigenvalue weighted by Crippen LogP contribution is 2.21. The van der Waals surface area contributed by atoms with Gasteiger partial charge in [0.25, 0.3) is 0 Å². The molecule has 0 saturated carbocycles. The SMILES string of the molecule is N#Cc1cc(COc2ccc(-c3ncc(C(=O)O)cn3)cc2)ccc1Br. The van der Waals surface area contributed by atoms with Crippen LogP contribution in [-0.2, 0) is 6.61 Å². The molecule has 0 aliphatic carbocycles. The summed E-state index contributed by atoms with van der Waals surface area (Å²) in [5.41, 5.74) is 2.24. The van der Waals surface area contributed by atoms with Crippen LogP contribution in [0.2, 0.25) is 0 Å². The fourth-order valence-corrected chi connectivity index (χ4v) is 2.54. The molecule has 0 aliphatic rings. The van der Waals surface area contributed by atoms with Crippen molar-refractivity contribution in [3.63, 3.8) is 0 Å². The first-order chi connectivity index (χ1) is 12.6. The normalized spacial score (nSPS) is 10.2.